The van der Waals surface area contributed by atoms with Crippen molar-refractivity contribution in [2.24, 2.45) is 5.73 Å². The lowest BCUT2D eigenvalue weighted by Gasteiger charge is -2.11. The molecule has 0 saturated heterocycles. The highest BCUT2D eigenvalue weighted by molar-refractivity contribution is 6.00. The van der Waals surface area contributed by atoms with Crippen molar-refractivity contribution in [1.82, 2.24) is 15.3 Å². The number of benzene rings is 2. The highest BCUT2D eigenvalue weighted by Gasteiger charge is 2.13. The lowest BCUT2D eigenvalue weighted by Crippen LogP contribution is -2.24. The predicted octanol–water partition coefficient (Wildman–Crippen LogP) is 4.71. The van der Waals surface area contributed by atoms with E-state index in [0.29, 0.717) is 41.4 Å². The van der Waals surface area contributed by atoms with E-state index in [2.05, 4.69) is 25.9 Å². The average molecular weight is 547 g/mol. The number of carbonyl (C=O) groups is 3. The van der Waals surface area contributed by atoms with Crippen LogP contribution in [0.4, 0.5) is 20.6 Å². The van der Waals surface area contributed by atoms with Gasteiger partial charge in [-0.1, -0.05) is 12.1 Å². The monoisotopic (exact) mass is 546 g/mol. The number of aromatic amines is 1. The van der Waals surface area contributed by atoms with Gasteiger partial charge in [0, 0.05) is 49.7 Å². The van der Waals surface area contributed by atoms with Crippen molar-refractivity contribution in [3.05, 3.63) is 90.0 Å². The maximum absolute atomic E-state index is 14.7. The van der Waals surface area contributed by atoms with Crippen LogP contribution in [0, 0.1) is 5.82 Å². The molecule has 2 aromatic carbocycles. The number of nitrogens with two attached hydrogens (primary N) is 1. The van der Waals surface area contributed by atoms with Gasteiger partial charge in [0.25, 0.3) is 5.91 Å². The highest BCUT2D eigenvalue weighted by atomic mass is 19.1. The molecule has 0 unspecified atom stereocenters. The van der Waals surface area contributed by atoms with E-state index >= 15 is 0 Å². The molecule has 4 aromatic rings. The Hall–Kier alpha value is -5.23. The quantitative estimate of drug-likeness (QED) is 0.148. The fraction of sp³-hybridized carbons (Fsp3) is 0.143. The molecular weight excluding hydrogens is 519 g/mol. The SMILES string of the molecule is NCc1cccc(NC(=O)Nc2ccc(Oc3ccnc(-c4cc(C(=O)NCCCC(=O)O)c[nH]4)c3)cc2F)c1. The molecule has 40 heavy (non-hydrogen) atoms. The molecule has 0 saturated carbocycles. The number of carbonyl (C=O) groups excluding carboxylic acids is 2. The van der Waals surface area contributed by atoms with Crippen LogP contribution in [0.2, 0.25) is 0 Å². The molecule has 2 heterocycles. The Morgan fingerprint density at radius 2 is 1.85 bits per heavy atom. The van der Waals surface area contributed by atoms with Crippen molar-refractivity contribution >= 4 is 29.3 Å². The molecule has 0 fully saturated rings. The molecule has 0 spiro atoms. The van der Waals surface area contributed by atoms with Crippen LogP contribution in [0.1, 0.15) is 28.8 Å². The summed E-state index contributed by atoms with van der Waals surface area (Å²) in [5.74, 6) is -1.39. The summed E-state index contributed by atoms with van der Waals surface area (Å²) in [6, 6.07) is 15.3. The minimum Gasteiger partial charge on any atom is -0.481 e. The van der Waals surface area contributed by atoms with Crippen molar-refractivity contribution in [2.75, 3.05) is 17.2 Å². The normalized spacial score (nSPS) is 10.6. The van der Waals surface area contributed by atoms with Gasteiger partial charge in [-0.05, 0) is 48.4 Å². The number of ether oxygens (including phenoxy) is 1. The summed E-state index contributed by atoms with van der Waals surface area (Å²) in [5.41, 5.74) is 8.35. The second kappa shape index (κ2) is 13.0. The number of aliphatic carboxylic acids is 1. The lowest BCUT2D eigenvalue weighted by atomic mass is 10.2. The first-order valence-corrected chi connectivity index (χ1v) is 12.3. The molecule has 12 heteroatoms. The number of amides is 3. The van der Waals surface area contributed by atoms with E-state index in [4.69, 9.17) is 15.6 Å². The summed E-state index contributed by atoms with van der Waals surface area (Å²) in [5, 5.41) is 16.4. The number of nitrogens with one attached hydrogen (secondary N) is 4. The molecule has 4 rings (SSSR count). The number of halogens is 1. The van der Waals surface area contributed by atoms with Gasteiger partial charge in [-0.15, -0.1) is 0 Å². The Labute approximate surface area is 228 Å². The topological polar surface area (TPSA) is 171 Å². The van der Waals surface area contributed by atoms with Crippen molar-refractivity contribution in [3.8, 4) is 22.9 Å². The van der Waals surface area contributed by atoms with Gasteiger partial charge in [-0.3, -0.25) is 14.6 Å². The van der Waals surface area contributed by atoms with E-state index in [-0.39, 0.29) is 30.3 Å². The van der Waals surface area contributed by atoms with Crippen LogP contribution >= 0.6 is 0 Å². The van der Waals surface area contributed by atoms with Crippen LogP contribution in [0.25, 0.3) is 11.4 Å². The Morgan fingerprint density at radius 1 is 1.02 bits per heavy atom. The number of H-pyrrole nitrogens is 1. The van der Waals surface area contributed by atoms with Crippen LogP contribution < -0.4 is 26.4 Å². The predicted molar refractivity (Wildman–Crippen MR) is 147 cm³/mol. The van der Waals surface area contributed by atoms with Crippen LogP contribution in [0.3, 0.4) is 0 Å². The average Bonchev–Trinajstić information content (AvgIpc) is 3.43. The van der Waals surface area contributed by atoms with Gasteiger partial charge in [0.15, 0.2) is 0 Å². The summed E-state index contributed by atoms with van der Waals surface area (Å²) in [6.45, 7) is 0.568. The standard InChI is InChI=1S/C28H27FN6O5/c29-22-13-20(6-7-23(22)35-28(39)34-19-4-1-3-17(11-19)15-30)40-21-8-10-31-25(14-21)24-12-18(16-33-24)27(38)32-9-2-5-26(36)37/h1,3-4,6-8,10-14,16,33H,2,5,9,15,30H2,(H,32,38)(H,36,37)(H2,34,35,39). The van der Waals surface area contributed by atoms with E-state index < -0.39 is 17.8 Å². The third-order valence-electron chi connectivity index (χ3n) is 5.65. The molecule has 0 bridgehead atoms. The fourth-order valence-corrected chi connectivity index (χ4v) is 3.70. The molecule has 0 aliphatic carbocycles. The number of aromatic nitrogens is 2. The highest BCUT2D eigenvalue weighted by Crippen LogP contribution is 2.28. The van der Waals surface area contributed by atoms with Gasteiger partial charge in [0.1, 0.15) is 17.3 Å². The van der Waals surface area contributed by atoms with Crippen molar-refractivity contribution in [3.63, 3.8) is 0 Å². The summed E-state index contributed by atoms with van der Waals surface area (Å²) in [4.78, 5) is 42.4. The first kappa shape index (κ1) is 27.8. The molecule has 11 nitrogen and oxygen atoms in total. The zero-order valence-electron chi connectivity index (χ0n) is 21.2. The zero-order chi connectivity index (χ0) is 28.5. The number of pyridine rings is 1. The van der Waals surface area contributed by atoms with E-state index in [1.807, 2.05) is 6.07 Å². The van der Waals surface area contributed by atoms with Gasteiger partial charge in [-0.2, -0.15) is 0 Å². The number of nitrogens with zero attached hydrogens (tertiary/aromatic N) is 1. The summed E-state index contributed by atoms with van der Waals surface area (Å²) in [6.07, 6.45) is 3.32. The summed E-state index contributed by atoms with van der Waals surface area (Å²) >= 11 is 0. The first-order valence-electron chi connectivity index (χ1n) is 12.3. The zero-order valence-corrected chi connectivity index (χ0v) is 21.2. The summed E-state index contributed by atoms with van der Waals surface area (Å²) < 4.78 is 20.5. The van der Waals surface area contributed by atoms with E-state index in [1.54, 1.807) is 36.4 Å². The van der Waals surface area contributed by atoms with Crippen molar-refractivity contribution < 1.29 is 28.6 Å². The van der Waals surface area contributed by atoms with Crippen LogP contribution in [0.15, 0.2) is 73.1 Å². The molecule has 206 valence electrons. The number of carboxylic acids is 1. The Morgan fingerprint density at radius 3 is 2.62 bits per heavy atom. The smallest absolute Gasteiger partial charge is 0.323 e. The second-order valence-electron chi connectivity index (χ2n) is 8.66. The van der Waals surface area contributed by atoms with Gasteiger partial charge in [-0.25, -0.2) is 9.18 Å². The van der Waals surface area contributed by atoms with Crippen LogP contribution in [-0.2, 0) is 11.3 Å². The maximum atomic E-state index is 14.7. The summed E-state index contributed by atoms with van der Waals surface area (Å²) in [7, 11) is 0. The molecular formula is C28H27FN6O5. The van der Waals surface area contributed by atoms with Gasteiger partial charge in [0.05, 0.1) is 22.6 Å². The minimum absolute atomic E-state index is 0.0293. The molecule has 2 aromatic heterocycles. The number of anilines is 2. The molecule has 0 atom stereocenters. The van der Waals surface area contributed by atoms with Gasteiger partial charge < -0.3 is 36.5 Å². The Kier molecular flexibility index (Phi) is 9.05. The number of hydrogen-bond donors (Lipinski definition) is 6. The first-order chi connectivity index (χ1) is 19.3. The van der Waals surface area contributed by atoms with Crippen molar-refractivity contribution in [1.29, 1.82) is 0 Å². The van der Waals surface area contributed by atoms with E-state index in [9.17, 15) is 18.8 Å². The lowest BCUT2D eigenvalue weighted by molar-refractivity contribution is -0.137. The van der Waals surface area contributed by atoms with Crippen molar-refractivity contribution in [2.45, 2.75) is 19.4 Å². The molecule has 0 aliphatic heterocycles. The maximum Gasteiger partial charge on any atom is 0.323 e. The Balaban J connectivity index is 1.36. The number of carboxylic acid groups (broad SMARTS) is 1. The molecule has 0 radical (unpaired) electrons. The van der Waals surface area contributed by atoms with Crippen LogP contribution in [0.5, 0.6) is 11.5 Å². The minimum atomic E-state index is -0.921. The Bertz CT molecular complexity index is 1520. The second-order valence-corrected chi connectivity index (χ2v) is 8.66. The third kappa shape index (κ3) is 7.65. The fourth-order valence-electron chi connectivity index (χ4n) is 3.70. The van der Waals surface area contributed by atoms with Crippen LogP contribution in [-0.4, -0.2) is 39.5 Å². The number of urea groups is 1. The number of hydrogen-bond acceptors (Lipinski definition) is 6. The van der Waals surface area contributed by atoms with E-state index in [0.717, 1.165) is 11.6 Å². The third-order valence-corrected chi connectivity index (χ3v) is 5.65. The molecule has 0 aliphatic rings. The largest absolute Gasteiger partial charge is 0.481 e. The van der Waals surface area contributed by atoms with E-state index in [1.165, 1.54) is 24.5 Å². The number of rotatable bonds is 11. The molecule has 3 amide bonds. The van der Waals surface area contributed by atoms with Gasteiger partial charge in [0.2, 0.25) is 0 Å². The molecule has 7 N–H and O–H groups in total. The van der Waals surface area contributed by atoms with Gasteiger partial charge >= 0.3 is 12.0 Å².